The molecule has 17 heavy (non-hydrogen) atoms. The molecule has 0 aliphatic heterocycles. The molecule has 2 aromatic heterocycles. The van der Waals surface area contributed by atoms with Gasteiger partial charge in [0.25, 0.3) is 0 Å². The molecule has 0 bridgehead atoms. The lowest BCUT2D eigenvalue weighted by molar-refractivity contribution is 0.0962. The predicted molar refractivity (Wildman–Crippen MR) is 66.4 cm³/mol. The Bertz CT molecular complexity index is 511. The largest absolute Gasteiger partial charge is 0.495 e. The van der Waals surface area contributed by atoms with E-state index in [-0.39, 0.29) is 5.78 Å². The first kappa shape index (κ1) is 11.8. The Morgan fingerprint density at radius 3 is 3.00 bits per heavy atom. The number of carbonyl (C=O) groups is 1. The maximum atomic E-state index is 12.1. The van der Waals surface area contributed by atoms with Crippen LogP contribution in [0.4, 0.5) is 0 Å². The van der Waals surface area contributed by atoms with Crippen LogP contribution in [0.15, 0.2) is 36.0 Å². The van der Waals surface area contributed by atoms with Gasteiger partial charge < -0.3 is 10.5 Å². The van der Waals surface area contributed by atoms with Crippen molar-refractivity contribution in [1.82, 2.24) is 4.98 Å². The van der Waals surface area contributed by atoms with Gasteiger partial charge in [0.15, 0.2) is 5.78 Å². The molecule has 2 N–H and O–H groups in total. The average Bonchev–Trinajstić information content (AvgIpc) is 2.91. The van der Waals surface area contributed by atoms with E-state index in [1.807, 2.05) is 17.5 Å². The van der Waals surface area contributed by atoms with Gasteiger partial charge in [0.2, 0.25) is 0 Å². The average molecular weight is 248 g/mol. The van der Waals surface area contributed by atoms with Crippen LogP contribution in [0.2, 0.25) is 0 Å². The molecule has 1 unspecified atom stereocenters. The Hall–Kier alpha value is -1.72. The number of rotatable bonds is 4. The predicted octanol–water partition coefficient (Wildman–Crippen LogP) is 2.03. The Balaban J connectivity index is 2.24. The van der Waals surface area contributed by atoms with Gasteiger partial charge in [-0.3, -0.25) is 9.78 Å². The molecule has 0 spiro atoms. The molecular weight excluding hydrogens is 236 g/mol. The van der Waals surface area contributed by atoms with Crippen molar-refractivity contribution in [3.63, 3.8) is 0 Å². The van der Waals surface area contributed by atoms with Gasteiger partial charge in [-0.15, -0.1) is 11.3 Å². The van der Waals surface area contributed by atoms with Crippen LogP contribution >= 0.6 is 11.3 Å². The van der Waals surface area contributed by atoms with E-state index >= 15 is 0 Å². The van der Waals surface area contributed by atoms with Crippen LogP contribution in [-0.2, 0) is 0 Å². The van der Waals surface area contributed by atoms with Crippen molar-refractivity contribution in [2.75, 3.05) is 7.11 Å². The van der Waals surface area contributed by atoms with Crippen molar-refractivity contribution in [2.24, 2.45) is 5.73 Å². The molecule has 2 heterocycles. The third-order valence-corrected chi connectivity index (χ3v) is 3.32. The van der Waals surface area contributed by atoms with Gasteiger partial charge in [0.1, 0.15) is 11.8 Å². The molecule has 1 atom stereocenters. The second kappa shape index (κ2) is 5.07. The highest BCUT2D eigenvalue weighted by Crippen LogP contribution is 2.21. The molecule has 5 heteroatoms. The van der Waals surface area contributed by atoms with Crippen LogP contribution in [0.3, 0.4) is 0 Å². The zero-order valence-corrected chi connectivity index (χ0v) is 10.1. The zero-order valence-electron chi connectivity index (χ0n) is 9.29. The van der Waals surface area contributed by atoms with Crippen LogP contribution in [0.25, 0.3) is 0 Å². The Kier molecular flexibility index (Phi) is 3.51. The van der Waals surface area contributed by atoms with E-state index < -0.39 is 6.04 Å². The van der Waals surface area contributed by atoms with Crippen LogP contribution in [0.5, 0.6) is 5.75 Å². The molecule has 2 rings (SSSR count). The second-order valence-corrected chi connectivity index (χ2v) is 4.45. The van der Waals surface area contributed by atoms with Gasteiger partial charge in [-0.05, 0) is 17.5 Å². The maximum Gasteiger partial charge on any atom is 0.186 e. The summed E-state index contributed by atoms with van der Waals surface area (Å²) >= 11 is 1.47. The summed E-state index contributed by atoms with van der Waals surface area (Å²) in [6, 6.07) is 4.73. The summed E-state index contributed by atoms with van der Waals surface area (Å²) in [6.45, 7) is 0. The number of thiophene rings is 1. The summed E-state index contributed by atoms with van der Waals surface area (Å²) in [5.41, 5.74) is 6.36. The molecule has 0 amide bonds. The monoisotopic (exact) mass is 248 g/mol. The number of pyridine rings is 1. The lowest BCUT2D eigenvalue weighted by atomic mass is 10.1. The fourth-order valence-corrected chi connectivity index (χ4v) is 2.17. The Morgan fingerprint density at radius 2 is 2.35 bits per heavy atom. The molecule has 88 valence electrons. The van der Waals surface area contributed by atoms with E-state index in [1.54, 1.807) is 12.3 Å². The highest BCUT2D eigenvalue weighted by atomic mass is 32.1. The molecule has 0 aliphatic carbocycles. The first-order chi connectivity index (χ1) is 8.22. The normalized spacial score (nSPS) is 12.1. The summed E-state index contributed by atoms with van der Waals surface area (Å²) in [7, 11) is 1.53. The quantitative estimate of drug-likeness (QED) is 0.841. The molecule has 4 nitrogen and oxygen atoms in total. The van der Waals surface area contributed by atoms with Gasteiger partial charge in [0, 0.05) is 16.6 Å². The first-order valence-corrected chi connectivity index (χ1v) is 5.92. The van der Waals surface area contributed by atoms with Crippen LogP contribution in [0.1, 0.15) is 21.3 Å². The minimum absolute atomic E-state index is 0.154. The molecule has 2 aromatic rings. The lowest BCUT2D eigenvalue weighted by Gasteiger charge is -2.08. The zero-order chi connectivity index (χ0) is 12.3. The number of hydrogen-bond donors (Lipinski definition) is 1. The first-order valence-electron chi connectivity index (χ1n) is 5.04. The molecular formula is C12H12N2O2S. The minimum Gasteiger partial charge on any atom is -0.495 e. The van der Waals surface area contributed by atoms with Gasteiger partial charge in [-0.1, -0.05) is 6.07 Å². The number of methoxy groups -OCH3 is 1. The Morgan fingerprint density at radius 1 is 1.53 bits per heavy atom. The number of nitrogens with two attached hydrogens (primary N) is 1. The van der Waals surface area contributed by atoms with Crippen molar-refractivity contribution in [3.8, 4) is 5.75 Å². The summed E-state index contributed by atoms with van der Waals surface area (Å²) in [5, 5.41) is 1.90. The number of carbonyl (C=O) groups excluding carboxylic acids is 1. The highest BCUT2D eigenvalue weighted by molar-refractivity contribution is 7.10. The highest BCUT2D eigenvalue weighted by Gasteiger charge is 2.19. The smallest absolute Gasteiger partial charge is 0.186 e. The number of ketones is 1. The fourth-order valence-electron chi connectivity index (χ4n) is 1.44. The van der Waals surface area contributed by atoms with Crippen molar-refractivity contribution in [1.29, 1.82) is 0 Å². The van der Waals surface area contributed by atoms with Gasteiger partial charge in [-0.2, -0.15) is 0 Å². The molecule has 0 radical (unpaired) electrons. The lowest BCUT2D eigenvalue weighted by Crippen LogP contribution is -2.20. The summed E-state index contributed by atoms with van der Waals surface area (Å²) in [6.07, 6.45) is 3.05. The third kappa shape index (κ3) is 2.51. The van der Waals surface area contributed by atoms with Crippen molar-refractivity contribution >= 4 is 17.1 Å². The van der Waals surface area contributed by atoms with E-state index in [9.17, 15) is 4.79 Å². The standard InChI is InChI=1S/C12H12N2O2S/c1-16-9-5-8(6-14-7-9)12(15)11(13)10-3-2-4-17-10/h2-7,11H,13H2,1H3. The number of aromatic nitrogens is 1. The summed E-state index contributed by atoms with van der Waals surface area (Å²) in [5.74, 6) is 0.396. The summed E-state index contributed by atoms with van der Waals surface area (Å²) < 4.78 is 5.02. The Labute approximate surface area is 103 Å². The number of hydrogen-bond acceptors (Lipinski definition) is 5. The van der Waals surface area contributed by atoms with Gasteiger partial charge >= 0.3 is 0 Å². The minimum atomic E-state index is -0.635. The van der Waals surface area contributed by atoms with Crippen LogP contribution in [-0.4, -0.2) is 17.9 Å². The van der Waals surface area contributed by atoms with Crippen LogP contribution < -0.4 is 10.5 Å². The maximum absolute atomic E-state index is 12.1. The van der Waals surface area contributed by atoms with E-state index in [2.05, 4.69) is 4.98 Å². The van der Waals surface area contributed by atoms with Crippen molar-refractivity contribution < 1.29 is 9.53 Å². The van der Waals surface area contributed by atoms with Gasteiger partial charge in [-0.25, -0.2) is 0 Å². The van der Waals surface area contributed by atoms with Crippen molar-refractivity contribution in [3.05, 3.63) is 46.4 Å². The van der Waals surface area contributed by atoms with E-state index in [4.69, 9.17) is 10.5 Å². The number of nitrogens with zero attached hydrogens (tertiary/aromatic N) is 1. The van der Waals surface area contributed by atoms with Crippen LogP contribution in [0, 0.1) is 0 Å². The molecule has 0 saturated heterocycles. The fraction of sp³-hybridized carbons (Fsp3) is 0.167. The summed E-state index contributed by atoms with van der Waals surface area (Å²) in [4.78, 5) is 16.9. The van der Waals surface area contributed by atoms with E-state index in [0.29, 0.717) is 11.3 Å². The van der Waals surface area contributed by atoms with Crippen molar-refractivity contribution in [2.45, 2.75) is 6.04 Å². The second-order valence-electron chi connectivity index (χ2n) is 3.47. The van der Waals surface area contributed by atoms with E-state index in [1.165, 1.54) is 24.6 Å². The molecule has 0 fully saturated rings. The number of Topliss-reactive ketones (excluding diaryl/α,β-unsaturated/α-hetero) is 1. The molecule has 0 saturated carbocycles. The topological polar surface area (TPSA) is 65.2 Å². The third-order valence-electron chi connectivity index (χ3n) is 2.37. The SMILES string of the molecule is COc1cncc(C(=O)C(N)c2cccs2)c1. The molecule has 0 aromatic carbocycles. The molecule has 0 aliphatic rings. The van der Waals surface area contributed by atoms with E-state index in [0.717, 1.165) is 4.88 Å². The van der Waals surface area contributed by atoms with Gasteiger partial charge in [0.05, 0.1) is 13.3 Å². The number of ether oxygens (including phenoxy) is 1.